The number of nitrogens with zero attached hydrogens (tertiary/aromatic N) is 2. The van der Waals surface area contributed by atoms with E-state index in [1.165, 1.54) is 12.3 Å². The second-order valence-corrected chi connectivity index (χ2v) is 2.37. The summed E-state index contributed by atoms with van der Waals surface area (Å²) in [5.74, 6) is -0.0900. The third kappa shape index (κ3) is 1.58. The molecule has 0 bridgehead atoms. The molecule has 0 aliphatic carbocycles. The van der Waals surface area contributed by atoms with Gasteiger partial charge in [0.25, 0.3) is 0 Å². The molecule has 0 aliphatic rings. The highest BCUT2D eigenvalue weighted by molar-refractivity contribution is 7.80. The lowest BCUT2D eigenvalue weighted by Crippen LogP contribution is -1.97. The van der Waals surface area contributed by atoms with E-state index in [9.17, 15) is 10.1 Å². The highest BCUT2D eigenvalue weighted by Gasteiger charge is 2.11. The van der Waals surface area contributed by atoms with Gasteiger partial charge in [-0.15, -0.1) is 12.6 Å². The van der Waals surface area contributed by atoms with Crippen molar-refractivity contribution in [3.05, 3.63) is 22.4 Å². The predicted octanol–water partition coefficient (Wildman–Crippen LogP) is 0.861. The number of nitrogens with two attached hydrogens (primary N) is 1. The first kappa shape index (κ1) is 7.80. The number of nitro groups is 1. The van der Waals surface area contributed by atoms with Crippen molar-refractivity contribution >= 4 is 24.1 Å². The minimum Gasteiger partial charge on any atom is -0.378 e. The van der Waals surface area contributed by atoms with E-state index < -0.39 is 4.92 Å². The monoisotopic (exact) mass is 171 g/mol. The summed E-state index contributed by atoms with van der Waals surface area (Å²) in [7, 11) is 0. The molecule has 0 amide bonds. The number of aromatic nitrogens is 1. The van der Waals surface area contributed by atoms with Crippen LogP contribution < -0.4 is 5.73 Å². The van der Waals surface area contributed by atoms with E-state index in [0.29, 0.717) is 4.90 Å². The molecule has 1 heterocycles. The van der Waals surface area contributed by atoms with E-state index in [1.807, 2.05) is 0 Å². The second-order valence-electron chi connectivity index (χ2n) is 1.85. The summed E-state index contributed by atoms with van der Waals surface area (Å²) in [6.07, 6.45) is 1.35. The molecule has 11 heavy (non-hydrogen) atoms. The maximum absolute atomic E-state index is 10.2. The van der Waals surface area contributed by atoms with Crippen LogP contribution in [0.3, 0.4) is 0 Å². The number of hydrogen-bond donors (Lipinski definition) is 2. The molecule has 2 N–H and O–H groups in total. The quantitative estimate of drug-likeness (QED) is 0.373. The number of nitrogen functional groups attached to an aromatic ring is 1. The number of rotatable bonds is 1. The maximum Gasteiger partial charge on any atom is 0.312 e. The first-order valence-electron chi connectivity index (χ1n) is 2.70. The SMILES string of the molecule is Nc1ncc(S)cc1[N+](=O)[O-]. The molecule has 0 fully saturated rings. The van der Waals surface area contributed by atoms with Crippen molar-refractivity contribution in [3.63, 3.8) is 0 Å². The summed E-state index contributed by atoms with van der Waals surface area (Å²) in [6.45, 7) is 0. The molecule has 0 unspecified atom stereocenters. The van der Waals surface area contributed by atoms with Crippen LogP contribution in [0.25, 0.3) is 0 Å². The molecule has 0 saturated heterocycles. The third-order valence-corrected chi connectivity index (χ3v) is 1.32. The van der Waals surface area contributed by atoms with Gasteiger partial charge in [-0.1, -0.05) is 0 Å². The van der Waals surface area contributed by atoms with Gasteiger partial charge in [0.05, 0.1) is 4.92 Å². The lowest BCUT2D eigenvalue weighted by atomic mass is 10.4. The van der Waals surface area contributed by atoms with E-state index in [2.05, 4.69) is 17.6 Å². The van der Waals surface area contributed by atoms with Crippen molar-refractivity contribution in [3.8, 4) is 0 Å². The number of thiol groups is 1. The minimum absolute atomic E-state index is 0.0900. The molecule has 1 aromatic rings. The van der Waals surface area contributed by atoms with Crippen molar-refractivity contribution in [2.45, 2.75) is 4.90 Å². The molecule has 6 heteroatoms. The van der Waals surface area contributed by atoms with Crippen LogP contribution >= 0.6 is 12.6 Å². The summed E-state index contributed by atoms with van der Waals surface area (Å²) >= 11 is 3.87. The van der Waals surface area contributed by atoms with Crippen LogP contribution in [0.15, 0.2) is 17.2 Å². The number of anilines is 1. The summed E-state index contributed by atoms with van der Waals surface area (Å²) in [6, 6.07) is 1.26. The fourth-order valence-corrected chi connectivity index (χ4v) is 0.779. The second kappa shape index (κ2) is 2.75. The lowest BCUT2D eigenvalue weighted by Gasteiger charge is -1.95. The Morgan fingerprint density at radius 3 is 2.82 bits per heavy atom. The Kier molecular flexibility index (Phi) is 1.95. The number of hydrogen-bond acceptors (Lipinski definition) is 5. The molecular weight excluding hydrogens is 166 g/mol. The molecule has 0 atom stereocenters. The van der Waals surface area contributed by atoms with Gasteiger partial charge in [-0.05, 0) is 0 Å². The zero-order chi connectivity index (χ0) is 8.43. The Labute approximate surface area is 67.8 Å². The van der Waals surface area contributed by atoms with Gasteiger partial charge in [-0.2, -0.15) is 0 Å². The molecule has 0 saturated carbocycles. The maximum atomic E-state index is 10.2. The van der Waals surface area contributed by atoms with E-state index in [4.69, 9.17) is 5.73 Å². The largest absolute Gasteiger partial charge is 0.378 e. The Balaban J connectivity index is 3.23. The fourth-order valence-electron chi connectivity index (χ4n) is 0.599. The summed E-state index contributed by atoms with van der Waals surface area (Å²) in [5.41, 5.74) is 4.99. The van der Waals surface area contributed by atoms with Crippen LogP contribution in [0.5, 0.6) is 0 Å². The van der Waals surface area contributed by atoms with E-state index >= 15 is 0 Å². The lowest BCUT2D eigenvalue weighted by molar-refractivity contribution is -0.384. The molecule has 58 valence electrons. The fraction of sp³-hybridized carbons (Fsp3) is 0. The molecular formula is C5H5N3O2S. The average Bonchev–Trinajstić information content (AvgIpc) is 1.94. The predicted molar refractivity (Wildman–Crippen MR) is 42.6 cm³/mol. The third-order valence-electron chi connectivity index (χ3n) is 1.08. The first-order chi connectivity index (χ1) is 5.11. The normalized spacial score (nSPS) is 9.55. The van der Waals surface area contributed by atoms with Crippen molar-refractivity contribution < 1.29 is 4.92 Å². The van der Waals surface area contributed by atoms with Crippen LogP contribution in [0.4, 0.5) is 11.5 Å². The summed E-state index contributed by atoms with van der Waals surface area (Å²) in [4.78, 5) is 13.6. The molecule has 1 aromatic heterocycles. The van der Waals surface area contributed by atoms with Crippen molar-refractivity contribution in [1.82, 2.24) is 4.98 Å². The molecule has 1 rings (SSSR count). The van der Waals surface area contributed by atoms with Crippen LogP contribution in [0.1, 0.15) is 0 Å². The zero-order valence-corrected chi connectivity index (χ0v) is 6.28. The molecule has 0 aliphatic heterocycles. The van der Waals surface area contributed by atoms with E-state index in [-0.39, 0.29) is 11.5 Å². The van der Waals surface area contributed by atoms with Gasteiger partial charge < -0.3 is 5.73 Å². The van der Waals surface area contributed by atoms with Crippen molar-refractivity contribution in [2.75, 3.05) is 5.73 Å². The minimum atomic E-state index is -0.595. The van der Waals surface area contributed by atoms with Gasteiger partial charge >= 0.3 is 5.69 Å². The highest BCUT2D eigenvalue weighted by atomic mass is 32.1. The van der Waals surface area contributed by atoms with Gasteiger partial charge in [0.2, 0.25) is 5.82 Å². The smallest absolute Gasteiger partial charge is 0.312 e. The van der Waals surface area contributed by atoms with Crippen LogP contribution in [-0.2, 0) is 0 Å². The van der Waals surface area contributed by atoms with Gasteiger partial charge in [0.1, 0.15) is 0 Å². The zero-order valence-electron chi connectivity index (χ0n) is 5.39. The van der Waals surface area contributed by atoms with Gasteiger partial charge in [0.15, 0.2) is 0 Å². The van der Waals surface area contributed by atoms with Gasteiger partial charge in [-0.25, -0.2) is 4.98 Å². The average molecular weight is 171 g/mol. The van der Waals surface area contributed by atoms with E-state index in [0.717, 1.165) is 0 Å². The summed E-state index contributed by atoms with van der Waals surface area (Å²) < 4.78 is 0. The Bertz CT molecular complexity index is 302. The standard InChI is InChI=1S/C5H5N3O2S/c6-5-4(8(9)10)1-3(11)2-7-5/h1-2,11H,(H2,6,7). The highest BCUT2D eigenvalue weighted by Crippen LogP contribution is 2.20. The number of pyridine rings is 1. The van der Waals surface area contributed by atoms with Crippen molar-refractivity contribution in [1.29, 1.82) is 0 Å². The van der Waals surface area contributed by atoms with Gasteiger partial charge in [-0.3, -0.25) is 10.1 Å². The van der Waals surface area contributed by atoms with Crippen molar-refractivity contribution in [2.24, 2.45) is 0 Å². The molecule has 5 nitrogen and oxygen atoms in total. The Morgan fingerprint density at radius 1 is 1.73 bits per heavy atom. The van der Waals surface area contributed by atoms with Crippen LogP contribution in [0.2, 0.25) is 0 Å². The topological polar surface area (TPSA) is 82.0 Å². The molecule has 0 radical (unpaired) electrons. The van der Waals surface area contributed by atoms with Crippen LogP contribution in [-0.4, -0.2) is 9.91 Å². The van der Waals surface area contributed by atoms with Crippen LogP contribution in [0, 0.1) is 10.1 Å². The molecule has 0 aromatic carbocycles. The van der Waals surface area contributed by atoms with Gasteiger partial charge in [0, 0.05) is 17.2 Å². The Morgan fingerprint density at radius 2 is 2.36 bits per heavy atom. The first-order valence-corrected chi connectivity index (χ1v) is 3.15. The summed E-state index contributed by atoms with van der Waals surface area (Å²) in [5, 5.41) is 10.2. The Hall–Kier alpha value is -1.30. The van der Waals surface area contributed by atoms with E-state index in [1.54, 1.807) is 0 Å². The molecule has 0 spiro atoms.